The average molecular weight is 406 g/mol. The first-order chi connectivity index (χ1) is 14.7. The third-order valence-corrected chi connectivity index (χ3v) is 6.63. The summed E-state index contributed by atoms with van der Waals surface area (Å²) in [5.74, 6) is 0.775. The maximum atomic E-state index is 13.7. The Labute approximate surface area is 176 Å². The van der Waals surface area contributed by atoms with E-state index in [1.807, 2.05) is 24.4 Å². The first-order valence-corrected chi connectivity index (χ1v) is 10.8. The molecule has 0 amide bonds. The molecule has 3 aromatic rings. The number of allylic oxidation sites excluding steroid dienone is 1. The predicted octanol–water partition coefficient (Wildman–Crippen LogP) is 5.07. The third kappa shape index (κ3) is 3.58. The van der Waals surface area contributed by atoms with Crippen LogP contribution in [0.4, 0.5) is 10.1 Å². The van der Waals surface area contributed by atoms with Crippen LogP contribution in [0.5, 0.6) is 5.75 Å². The van der Waals surface area contributed by atoms with Gasteiger partial charge in [-0.05, 0) is 55.2 Å². The van der Waals surface area contributed by atoms with Gasteiger partial charge in [-0.3, -0.25) is 4.90 Å². The molecule has 0 saturated carbocycles. The molecule has 1 aliphatic heterocycles. The molecule has 5 heteroatoms. The number of fused-ring (bicyclic) bond motifs is 1. The summed E-state index contributed by atoms with van der Waals surface area (Å²) in [6.45, 7) is 4.19. The van der Waals surface area contributed by atoms with Gasteiger partial charge in [0.1, 0.15) is 11.6 Å². The van der Waals surface area contributed by atoms with E-state index in [0.717, 1.165) is 67.7 Å². The summed E-state index contributed by atoms with van der Waals surface area (Å²) in [6.07, 6.45) is 7.66. The SMILES string of the molecule is COc1ccccc1N1CCN(C2CC=C(c3c[nH]c4ccc(F)cc34)CC2)CC1. The minimum absolute atomic E-state index is 0.175. The number of rotatable bonds is 4. The Bertz CT molecular complexity index is 1070. The fourth-order valence-corrected chi connectivity index (χ4v) is 4.97. The molecule has 2 heterocycles. The van der Waals surface area contributed by atoms with Gasteiger partial charge in [0.05, 0.1) is 12.8 Å². The standard InChI is InChI=1S/C25H28FN3O/c1-30-25-5-3-2-4-24(25)29-14-12-28(13-15-29)20-9-6-18(7-10-20)22-17-27-23-11-8-19(26)16-21(22)23/h2-6,8,11,16-17,20,27H,7,9-10,12-15H2,1H3. The Morgan fingerprint density at radius 3 is 2.67 bits per heavy atom. The number of para-hydroxylation sites is 2. The van der Waals surface area contributed by atoms with Crippen molar-refractivity contribution in [1.82, 2.24) is 9.88 Å². The highest BCUT2D eigenvalue weighted by molar-refractivity contribution is 5.92. The quantitative estimate of drug-likeness (QED) is 0.657. The van der Waals surface area contributed by atoms with Crippen LogP contribution in [0.3, 0.4) is 0 Å². The Balaban J connectivity index is 1.24. The molecule has 1 aliphatic carbocycles. The number of ether oxygens (including phenoxy) is 1. The Hall–Kier alpha value is -2.79. The van der Waals surface area contributed by atoms with Gasteiger partial charge in [0.25, 0.3) is 0 Å². The lowest BCUT2D eigenvalue weighted by Gasteiger charge is -2.41. The number of anilines is 1. The summed E-state index contributed by atoms with van der Waals surface area (Å²) in [7, 11) is 1.74. The minimum Gasteiger partial charge on any atom is -0.495 e. The number of halogens is 1. The van der Waals surface area contributed by atoms with Crippen molar-refractivity contribution in [3.63, 3.8) is 0 Å². The van der Waals surface area contributed by atoms with Crippen LogP contribution in [0.15, 0.2) is 54.7 Å². The second-order valence-electron chi connectivity index (χ2n) is 8.24. The summed E-state index contributed by atoms with van der Waals surface area (Å²) < 4.78 is 19.3. The Kier molecular flexibility index (Phi) is 5.21. The largest absolute Gasteiger partial charge is 0.495 e. The molecule has 1 fully saturated rings. The highest BCUT2D eigenvalue weighted by Crippen LogP contribution is 2.34. The molecule has 5 rings (SSSR count). The van der Waals surface area contributed by atoms with E-state index in [4.69, 9.17) is 4.74 Å². The van der Waals surface area contributed by atoms with E-state index < -0.39 is 0 Å². The number of nitrogens with one attached hydrogen (secondary N) is 1. The van der Waals surface area contributed by atoms with Crippen LogP contribution in [0, 0.1) is 5.82 Å². The molecule has 1 saturated heterocycles. The molecule has 156 valence electrons. The molecule has 0 bridgehead atoms. The van der Waals surface area contributed by atoms with Crippen LogP contribution in [-0.2, 0) is 0 Å². The number of piperazine rings is 1. The number of nitrogens with zero attached hydrogens (tertiary/aromatic N) is 2. The van der Waals surface area contributed by atoms with Crippen LogP contribution in [0.25, 0.3) is 16.5 Å². The van der Waals surface area contributed by atoms with Crippen molar-refractivity contribution in [2.45, 2.75) is 25.3 Å². The molecule has 1 N–H and O–H groups in total. The zero-order valence-electron chi connectivity index (χ0n) is 17.4. The van der Waals surface area contributed by atoms with Crippen LogP contribution in [0.1, 0.15) is 24.8 Å². The zero-order chi connectivity index (χ0) is 20.5. The van der Waals surface area contributed by atoms with Gasteiger partial charge in [0.15, 0.2) is 0 Å². The van der Waals surface area contributed by atoms with E-state index in [0.29, 0.717) is 6.04 Å². The number of benzene rings is 2. The van der Waals surface area contributed by atoms with Crippen LogP contribution < -0.4 is 9.64 Å². The van der Waals surface area contributed by atoms with Gasteiger partial charge in [-0.1, -0.05) is 18.2 Å². The number of aromatic nitrogens is 1. The zero-order valence-corrected chi connectivity index (χ0v) is 17.4. The van der Waals surface area contributed by atoms with E-state index >= 15 is 0 Å². The third-order valence-electron chi connectivity index (χ3n) is 6.63. The number of aromatic amines is 1. The summed E-state index contributed by atoms with van der Waals surface area (Å²) in [5, 5.41) is 0.991. The number of methoxy groups -OCH3 is 1. The maximum absolute atomic E-state index is 13.7. The molecule has 0 radical (unpaired) electrons. The smallest absolute Gasteiger partial charge is 0.142 e. The molecule has 30 heavy (non-hydrogen) atoms. The van der Waals surface area contributed by atoms with Crippen LogP contribution in [0.2, 0.25) is 0 Å². The molecular weight excluding hydrogens is 377 g/mol. The van der Waals surface area contributed by atoms with Crippen molar-refractivity contribution in [2.75, 3.05) is 38.2 Å². The highest BCUT2D eigenvalue weighted by atomic mass is 19.1. The van der Waals surface area contributed by atoms with Crippen molar-refractivity contribution in [2.24, 2.45) is 0 Å². The maximum Gasteiger partial charge on any atom is 0.142 e. The molecule has 2 aromatic carbocycles. The summed E-state index contributed by atoms with van der Waals surface area (Å²) >= 11 is 0. The molecule has 1 unspecified atom stereocenters. The second kappa shape index (κ2) is 8.15. The topological polar surface area (TPSA) is 31.5 Å². The lowest BCUT2D eigenvalue weighted by Crippen LogP contribution is -2.50. The van der Waals surface area contributed by atoms with Crippen molar-refractivity contribution in [3.05, 3.63) is 66.1 Å². The molecule has 4 nitrogen and oxygen atoms in total. The van der Waals surface area contributed by atoms with Crippen molar-refractivity contribution < 1.29 is 9.13 Å². The molecule has 2 aliphatic rings. The van der Waals surface area contributed by atoms with Crippen molar-refractivity contribution >= 4 is 22.2 Å². The average Bonchev–Trinajstić information content (AvgIpc) is 3.22. The minimum atomic E-state index is -0.175. The van der Waals surface area contributed by atoms with E-state index in [9.17, 15) is 4.39 Å². The van der Waals surface area contributed by atoms with E-state index in [2.05, 4.69) is 33.0 Å². The molecule has 1 aromatic heterocycles. The van der Waals surface area contributed by atoms with E-state index in [1.165, 1.54) is 17.3 Å². The molecule has 1 atom stereocenters. The first-order valence-electron chi connectivity index (χ1n) is 10.8. The van der Waals surface area contributed by atoms with Gasteiger partial charge < -0.3 is 14.6 Å². The van der Waals surface area contributed by atoms with Crippen LogP contribution >= 0.6 is 0 Å². The Morgan fingerprint density at radius 2 is 1.90 bits per heavy atom. The number of hydrogen-bond donors (Lipinski definition) is 1. The van der Waals surface area contributed by atoms with Gasteiger partial charge in [-0.2, -0.15) is 0 Å². The molecule has 0 spiro atoms. The summed E-state index contributed by atoms with van der Waals surface area (Å²) in [6, 6.07) is 13.8. The fraction of sp³-hybridized carbons (Fsp3) is 0.360. The van der Waals surface area contributed by atoms with Gasteiger partial charge >= 0.3 is 0 Å². The predicted molar refractivity (Wildman–Crippen MR) is 121 cm³/mol. The molecular formula is C25H28FN3O. The van der Waals surface area contributed by atoms with Gasteiger partial charge in [0, 0.05) is 54.9 Å². The normalized spacial score (nSPS) is 20.4. The van der Waals surface area contributed by atoms with Crippen molar-refractivity contribution in [3.8, 4) is 5.75 Å². The summed E-state index contributed by atoms with van der Waals surface area (Å²) in [4.78, 5) is 8.35. The van der Waals surface area contributed by atoms with Gasteiger partial charge in [-0.15, -0.1) is 0 Å². The Morgan fingerprint density at radius 1 is 1.07 bits per heavy atom. The fourth-order valence-electron chi connectivity index (χ4n) is 4.97. The summed E-state index contributed by atoms with van der Waals surface area (Å²) in [5.41, 5.74) is 4.69. The van der Waals surface area contributed by atoms with Gasteiger partial charge in [-0.25, -0.2) is 4.39 Å². The number of H-pyrrole nitrogens is 1. The van der Waals surface area contributed by atoms with Crippen LogP contribution in [-0.4, -0.2) is 49.2 Å². The van der Waals surface area contributed by atoms with Gasteiger partial charge in [0.2, 0.25) is 0 Å². The lowest BCUT2D eigenvalue weighted by molar-refractivity contribution is 0.175. The highest BCUT2D eigenvalue weighted by Gasteiger charge is 2.27. The van der Waals surface area contributed by atoms with E-state index in [-0.39, 0.29) is 5.82 Å². The lowest BCUT2D eigenvalue weighted by atomic mass is 9.89. The first kappa shape index (κ1) is 19.2. The van der Waals surface area contributed by atoms with E-state index in [1.54, 1.807) is 13.2 Å². The van der Waals surface area contributed by atoms with Crippen molar-refractivity contribution in [1.29, 1.82) is 0 Å². The number of hydrogen-bond acceptors (Lipinski definition) is 3. The second-order valence-corrected chi connectivity index (χ2v) is 8.24. The monoisotopic (exact) mass is 405 g/mol.